The van der Waals surface area contributed by atoms with E-state index in [4.69, 9.17) is 4.98 Å². The van der Waals surface area contributed by atoms with Gasteiger partial charge in [0.05, 0.1) is 5.69 Å². The van der Waals surface area contributed by atoms with Crippen molar-refractivity contribution in [2.45, 2.75) is 67.0 Å². The number of benzene rings is 1. The summed E-state index contributed by atoms with van der Waals surface area (Å²) in [5.41, 5.74) is 1.32. The van der Waals surface area contributed by atoms with Crippen LogP contribution in [0.25, 0.3) is 0 Å². The van der Waals surface area contributed by atoms with Gasteiger partial charge in [0.15, 0.2) is 11.0 Å². The highest BCUT2D eigenvalue weighted by Crippen LogP contribution is 2.58. The normalized spacial score (nSPS) is 23.2. The maximum atomic E-state index is 15.0. The molecule has 6 rings (SSSR count). The van der Waals surface area contributed by atoms with Gasteiger partial charge in [-0.25, -0.2) is 14.4 Å². The number of amides is 1. The maximum absolute atomic E-state index is 15.0. The van der Waals surface area contributed by atoms with Crippen molar-refractivity contribution in [1.29, 1.82) is 0 Å². The molecule has 7 nitrogen and oxygen atoms in total. The zero-order valence-electron chi connectivity index (χ0n) is 19.9. The zero-order chi connectivity index (χ0) is 25.9. The minimum atomic E-state index is -4.46. The number of anilines is 2. The minimum absolute atomic E-state index is 0.0111. The van der Waals surface area contributed by atoms with Crippen molar-refractivity contribution in [2.24, 2.45) is 5.92 Å². The molecule has 2 fully saturated rings. The zero-order valence-corrected chi connectivity index (χ0v) is 20.7. The molecule has 2 aromatic heterocycles. The molecule has 1 amide bonds. The van der Waals surface area contributed by atoms with Crippen molar-refractivity contribution in [3.8, 4) is 0 Å². The summed E-state index contributed by atoms with van der Waals surface area (Å²) in [7, 11) is 0. The molecule has 3 aliphatic rings. The highest BCUT2D eigenvalue weighted by Gasteiger charge is 2.55. The van der Waals surface area contributed by atoms with Crippen molar-refractivity contribution in [3.05, 3.63) is 52.8 Å². The van der Waals surface area contributed by atoms with Gasteiger partial charge in [0, 0.05) is 40.7 Å². The van der Waals surface area contributed by atoms with Gasteiger partial charge >= 0.3 is 6.18 Å². The monoisotopic (exact) mass is 532 g/mol. The maximum Gasteiger partial charge on any atom is 0.406 e. The molecule has 2 saturated carbocycles. The Balaban J connectivity index is 1.24. The third-order valence-corrected chi connectivity index (χ3v) is 7.98. The van der Waals surface area contributed by atoms with Gasteiger partial charge in [-0.15, -0.1) is 0 Å². The minimum Gasteiger partial charge on any atom is -0.325 e. The molecule has 0 spiro atoms. The Kier molecular flexibility index (Phi) is 5.70. The van der Waals surface area contributed by atoms with E-state index in [0.717, 1.165) is 29.1 Å². The molecule has 0 atom stereocenters. The lowest BCUT2D eigenvalue weighted by molar-refractivity contribution is -0.140. The quantitative estimate of drug-likeness (QED) is 0.290. The summed E-state index contributed by atoms with van der Waals surface area (Å²) in [6.45, 7) is 0.497. The molecular weight excluding hydrogens is 508 g/mol. The molecule has 3 aromatic rings. The fourth-order valence-electron chi connectivity index (χ4n) is 5.15. The summed E-state index contributed by atoms with van der Waals surface area (Å²) < 4.78 is 53.6. The fraction of sp³-hybridized carbons (Fsp3) is 0.440. The summed E-state index contributed by atoms with van der Waals surface area (Å²) >= 11 is 1.25. The second kappa shape index (κ2) is 8.71. The summed E-state index contributed by atoms with van der Waals surface area (Å²) in [6, 6.07) is 8.59. The van der Waals surface area contributed by atoms with Crippen LogP contribution in [0.1, 0.15) is 58.9 Å². The molecule has 194 valence electrons. The molecule has 0 saturated heterocycles. The molecule has 0 bridgehead atoms. The van der Waals surface area contributed by atoms with E-state index in [1.807, 2.05) is 19.1 Å². The van der Waals surface area contributed by atoms with E-state index < -0.39 is 24.3 Å². The van der Waals surface area contributed by atoms with Crippen LogP contribution in [0.15, 0.2) is 40.4 Å². The number of alkyl halides is 4. The first-order valence-electron chi connectivity index (χ1n) is 12.1. The van der Waals surface area contributed by atoms with Crippen LogP contribution >= 0.6 is 11.8 Å². The number of aromatic amines is 1. The number of carbonyl (C=O) groups is 1. The Bertz CT molecular complexity index is 1370. The van der Waals surface area contributed by atoms with E-state index in [9.17, 15) is 18.0 Å². The van der Waals surface area contributed by atoms with E-state index in [1.165, 1.54) is 11.8 Å². The standard InChI is InChI=1S/C25H24F4N6OS/c1-13-6-21(34-33-13)31-20-8-19(15-9-24(26,10-15)16-2-3-16)30-23(32-20)37-17-4-5-18-14(7-17)11-35(22(18)36)12-25(27,28)29/h4-8,15-16H,2-3,9-12H2,1H3,(H2,30,31,32,33,34). The van der Waals surface area contributed by atoms with Gasteiger partial charge in [-0.3, -0.25) is 9.89 Å². The van der Waals surface area contributed by atoms with Gasteiger partial charge in [-0.05, 0) is 74.0 Å². The number of nitrogens with zero attached hydrogens (tertiary/aromatic N) is 4. The number of aryl methyl sites for hydroxylation is 1. The number of fused-ring (bicyclic) bond motifs is 1. The van der Waals surface area contributed by atoms with Crippen molar-refractivity contribution < 1.29 is 22.4 Å². The predicted octanol–water partition coefficient (Wildman–Crippen LogP) is 5.92. The van der Waals surface area contributed by atoms with Crippen molar-refractivity contribution >= 4 is 29.3 Å². The van der Waals surface area contributed by atoms with E-state index in [1.54, 1.807) is 18.2 Å². The first-order valence-corrected chi connectivity index (χ1v) is 12.9. The first-order chi connectivity index (χ1) is 17.5. The van der Waals surface area contributed by atoms with Gasteiger partial charge in [0.25, 0.3) is 5.91 Å². The van der Waals surface area contributed by atoms with E-state index in [0.29, 0.717) is 40.1 Å². The Labute approximate surface area is 214 Å². The lowest BCUT2D eigenvalue weighted by atomic mass is 9.68. The highest BCUT2D eigenvalue weighted by atomic mass is 32.2. The lowest BCUT2D eigenvalue weighted by Gasteiger charge is -2.41. The molecular formula is C25H24F4N6OS. The van der Waals surface area contributed by atoms with Crippen LogP contribution in [0.3, 0.4) is 0 Å². The molecule has 1 aliphatic heterocycles. The van der Waals surface area contributed by atoms with Gasteiger partial charge in [-0.1, -0.05) is 0 Å². The molecule has 1 aromatic carbocycles. The SMILES string of the molecule is Cc1cc(Nc2cc(C3CC(F)(C4CC4)C3)nc(Sc3ccc4c(c3)CN(CC(F)(F)F)C4=O)n2)n[nH]1. The van der Waals surface area contributed by atoms with Gasteiger partial charge < -0.3 is 10.2 Å². The molecule has 0 radical (unpaired) electrons. The molecule has 2 aliphatic carbocycles. The summed E-state index contributed by atoms with van der Waals surface area (Å²) in [4.78, 5) is 23.2. The van der Waals surface area contributed by atoms with Crippen LogP contribution in [0.4, 0.5) is 29.2 Å². The number of H-pyrrole nitrogens is 1. The summed E-state index contributed by atoms with van der Waals surface area (Å²) in [5.74, 6) is 0.635. The Morgan fingerprint density at radius 1 is 1.16 bits per heavy atom. The summed E-state index contributed by atoms with van der Waals surface area (Å²) in [5, 5.41) is 10.6. The molecule has 37 heavy (non-hydrogen) atoms. The molecule has 0 unspecified atom stereocenters. The molecule has 12 heteroatoms. The number of aromatic nitrogens is 4. The van der Waals surface area contributed by atoms with Crippen molar-refractivity contribution in [1.82, 2.24) is 25.1 Å². The van der Waals surface area contributed by atoms with Crippen molar-refractivity contribution in [3.63, 3.8) is 0 Å². The fourth-order valence-corrected chi connectivity index (χ4v) is 5.99. The molecule has 2 N–H and O–H groups in total. The van der Waals surface area contributed by atoms with E-state index >= 15 is 4.39 Å². The highest BCUT2D eigenvalue weighted by molar-refractivity contribution is 7.99. The largest absolute Gasteiger partial charge is 0.406 e. The molecule has 3 heterocycles. The Hall–Kier alpha value is -3.15. The lowest BCUT2D eigenvalue weighted by Crippen LogP contribution is -2.40. The third-order valence-electron chi connectivity index (χ3n) is 7.12. The number of hydrogen-bond donors (Lipinski definition) is 2. The van der Waals surface area contributed by atoms with Crippen LogP contribution in [0.2, 0.25) is 0 Å². The number of carbonyl (C=O) groups excluding carboxylic acids is 1. The van der Waals surface area contributed by atoms with Crippen LogP contribution in [0, 0.1) is 12.8 Å². The Morgan fingerprint density at radius 2 is 1.95 bits per heavy atom. The second-order valence-electron chi connectivity index (χ2n) is 10.1. The summed E-state index contributed by atoms with van der Waals surface area (Å²) in [6.07, 6.45) is -1.69. The number of halogens is 4. The van der Waals surface area contributed by atoms with Crippen molar-refractivity contribution in [2.75, 3.05) is 11.9 Å². The second-order valence-corrected chi connectivity index (χ2v) is 11.2. The average molecular weight is 533 g/mol. The van der Waals surface area contributed by atoms with Crippen LogP contribution in [-0.2, 0) is 6.54 Å². The number of hydrogen-bond acceptors (Lipinski definition) is 6. The average Bonchev–Trinajstić information content (AvgIpc) is 3.51. The third kappa shape index (κ3) is 5.03. The number of rotatable bonds is 7. The van der Waals surface area contributed by atoms with Gasteiger partial charge in [0.1, 0.15) is 18.0 Å². The van der Waals surface area contributed by atoms with Crippen LogP contribution in [-0.4, -0.2) is 49.4 Å². The topological polar surface area (TPSA) is 86.8 Å². The van der Waals surface area contributed by atoms with E-state index in [-0.39, 0.29) is 23.9 Å². The Morgan fingerprint density at radius 3 is 2.62 bits per heavy atom. The van der Waals surface area contributed by atoms with Crippen LogP contribution < -0.4 is 5.32 Å². The van der Waals surface area contributed by atoms with E-state index in [2.05, 4.69) is 20.5 Å². The van der Waals surface area contributed by atoms with Gasteiger partial charge in [0.2, 0.25) is 0 Å². The smallest absolute Gasteiger partial charge is 0.325 e. The first kappa shape index (κ1) is 24.2. The predicted molar refractivity (Wildman–Crippen MR) is 129 cm³/mol. The number of nitrogens with one attached hydrogen (secondary N) is 2. The van der Waals surface area contributed by atoms with Crippen LogP contribution in [0.5, 0.6) is 0 Å². The van der Waals surface area contributed by atoms with Gasteiger partial charge in [-0.2, -0.15) is 18.3 Å².